The Balaban J connectivity index is 1.73. The quantitative estimate of drug-likeness (QED) is 0.856. The van der Waals surface area contributed by atoms with Crippen molar-refractivity contribution in [3.63, 3.8) is 0 Å². The SMILES string of the molecule is O=S1(=O)CCC(N2CCCC3CNCC32)c2ccccc21. The lowest BCUT2D eigenvalue weighted by Crippen LogP contribution is -2.48. The molecule has 3 unspecified atom stereocenters. The van der Waals surface area contributed by atoms with Crippen molar-refractivity contribution >= 4 is 9.84 Å². The fourth-order valence-electron chi connectivity index (χ4n) is 4.41. The molecule has 3 atom stereocenters. The zero-order valence-electron chi connectivity index (χ0n) is 12.2. The maximum Gasteiger partial charge on any atom is 0.178 e. The van der Waals surface area contributed by atoms with Gasteiger partial charge in [-0.2, -0.15) is 0 Å². The van der Waals surface area contributed by atoms with Crippen molar-refractivity contribution in [3.05, 3.63) is 29.8 Å². The van der Waals surface area contributed by atoms with Gasteiger partial charge in [-0.1, -0.05) is 18.2 Å². The van der Waals surface area contributed by atoms with Crippen LogP contribution < -0.4 is 5.32 Å². The van der Waals surface area contributed by atoms with Crippen LogP contribution >= 0.6 is 0 Å². The molecule has 1 aromatic carbocycles. The summed E-state index contributed by atoms with van der Waals surface area (Å²) in [7, 11) is -3.08. The molecule has 3 aliphatic heterocycles. The first kappa shape index (κ1) is 13.7. The number of hydrogen-bond acceptors (Lipinski definition) is 4. The summed E-state index contributed by atoms with van der Waals surface area (Å²) in [4.78, 5) is 3.15. The lowest BCUT2D eigenvalue weighted by molar-refractivity contribution is 0.0724. The molecule has 3 aliphatic rings. The summed E-state index contributed by atoms with van der Waals surface area (Å²) >= 11 is 0. The van der Waals surface area contributed by atoms with Crippen LogP contribution in [0.5, 0.6) is 0 Å². The van der Waals surface area contributed by atoms with Gasteiger partial charge in [-0.3, -0.25) is 4.90 Å². The van der Waals surface area contributed by atoms with Crippen molar-refractivity contribution < 1.29 is 8.42 Å². The minimum atomic E-state index is -3.08. The van der Waals surface area contributed by atoms with Crippen LogP contribution in [0.2, 0.25) is 0 Å². The van der Waals surface area contributed by atoms with Crippen LogP contribution in [-0.2, 0) is 9.84 Å². The first-order chi connectivity index (χ1) is 10.2. The van der Waals surface area contributed by atoms with Crippen LogP contribution in [0.15, 0.2) is 29.2 Å². The Kier molecular flexibility index (Phi) is 3.32. The van der Waals surface area contributed by atoms with E-state index in [0.717, 1.165) is 37.5 Å². The molecule has 0 radical (unpaired) electrons. The van der Waals surface area contributed by atoms with E-state index in [1.165, 1.54) is 12.8 Å². The number of hydrogen-bond donors (Lipinski definition) is 1. The second kappa shape index (κ2) is 5.07. The molecular weight excluding hydrogens is 284 g/mol. The number of piperidine rings is 1. The van der Waals surface area contributed by atoms with Gasteiger partial charge in [0.2, 0.25) is 0 Å². The van der Waals surface area contributed by atoms with Gasteiger partial charge in [0.15, 0.2) is 9.84 Å². The summed E-state index contributed by atoms with van der Waals surface area (Å²) in [6.45, 7) is 3.27. The molecule has 4 nitrogen and oxygen atoms in total. The second-order valence-electron chi connectivity index (χ2n) is 6.53. The van der Waals surface area contributed by atoms with E-state index in [4.69, 9.17) is 0 Å². The lowest BCUT2D eigenvalue weighted by atomic mass is 9.88. The van der Waals surface area contributed by atoms with E-state index in [2.05, 4.69) is 10.2 Å². The average molecular weight is 306 g/mol. The van der Waals surface area contributed by atoms with E-state index < -0.39 is 9.84 Å². The minimum absolute atomic E-state index is 0.275. The smallest absolute Gasteiger partial charge is 0.178 e. The molecule has 0 saturated carbocycles. The van der Waals surface area contributed by atoms with E-state index in [9.17, 15) is 8.42 Å². The lowest BCUT2D eigenvalue weighted by Gasteiger charge is -2.44. The zero-order valence-corrected chi connectivity index (χ0v) is 13.0. The van der Waals surface area contributed by atoms with Gasteiger partial charge in [0.25, 0.3) is 0 Å². The number of fused-ring (bicyclic) bond motifs is 2. The molecule has 2 saturated heterocycles. The summed E-state index contributed by atoms with van der Waals surface area (Å²) in [5.41, 5.74) is 1.02. The molecule has 21 heavy (non-hydrogen) atoms. The van der Waals surface area contributed by atoms with Gasteiger partial charge in [0.05, 0.1) is 10.6 Å². The van der Waals surface area contributed by atoms with Crippen LogP contribution in [0.3, 0.4) is 0 Å². The molecule has 4 rings (SSSR count). The molecule has 114 valence electrons. The van der Waals surface area contributed by atoms with Gasteiger partial charge in [-0.05, 0) is 49.9 Å². The molecular formula is C16H22N2O2S. The van der Waals surface area contributed by atoms with Gasteiger partial charge >= 0.3 is 0 Å². The molecule has 0 spiro atoms. The van der Waals surface area contributed by atoms with Gasteiger partial charge in [-0.15, -0.1) is 0 Å². The predicted molar refractivity (Wildman–Crippen MR) is 81.9 cm³/mol. The van der Waals surface area contributed by atoms with E-state index >= 15 is 0 Å². The Labute approximate surface area is 126 Å². The summed E-state index contributed by atoms with van der Waals surface area (Å²) in [5.74, 6) is 1.03. The fourth-order valence-corrected chi connectivity index (χ4v) is 6.01. The van der Waals surface area contributed by atoms with Crippen molar-refractivity contribution in [1.29, 1.82) is 0 Å². The van der Waals surface area contributed by atoms with Crippen molar-refractivity contribution in [2.45, 2.75) is 36.2 Å². The van der Waals surface area contributed by atoms with E-state index in [0.29, 0.717) is 10.9 Å². The third-order valence-electron chi connectivity index (χ3n) is 5.39. The Morgan fingerprint density at radius 1 is 1.14 bits per heavy atom. The zero-order chi connectivity index (χ0) is 14.4. The summed E-state index contributed by atoms with van der Waals surface area (Å²) in [5, 5.41) is 3.51. The number of nitrogens with one attached hydrogen (secondary N) is 1. The van der Waals surface area contributed by atoms with Gasteiger partial charge in [0.1, 0.15) is 0 Å². The van der Waals surface area contributed by atoms with Crippen LogP contribution in [-0.4, -0.2) is 44.7 Å². The largest absolute Gasteiger partial charge is 0.315 e. The monoisotopic (exact) mass is 306 g/mol. The molecule has 1 aromatic rings. The summed E-state index contributed by atoms with van der Waals surface area (Å²) < 4.78 is 24.6. The van der Waals surface area contributed by atoms with E-state index in [1.807, 2.05) is 18.2 Å². The Hall–Kier alpha value is -0.910. The molecule has 1 N–H and O–H groups in total. The Morgan fingerprint density at radius 2 is 2.00 bits per heavy atom. The predicted octanol–water partition coefficient (Wildman–Crippen LogP) is 1.59. The minimum Gasteiger partial charge on any atom is -0.315 e. The Morgan fingerprint density at radius 3 is 2.90 bits per heavy atom. The van der Waals surface area contributed by atoms with E-state index in [-0.39, 0.29) is 11.8 Å². The highest BCUT2D eigenvalue weighted by molar-refractivity contribution is 7.91. The standard InChI is InChI=1S/C16H22N2O2S/c19-21(20)9-7-14(13-5-1-2-6-16(13)21)18-8-3-4-12-10-17-11-15(12)18/h1-2,5-6,12,14-15,17H,3-4,7-11H2. The molecule has 0 aromatic heterocycles. The Bertz CT molecular complexity index is 643. The highest BCUT2D eigenvalue weighted by Crippen LogP contribution is 2.40. The number of benzene rings is 1. The van der Waals surface area contributed by atoms with Crippen molar-refractivity contribution in [2.75, 3.05) is 25.4 Å². The third-order valence-corrected chi connectivity index (χ3v) is 7.21. The van der Waals surface area contributed by atoms with E-state index in [1.54, 1.807) is 6.07 Å². The highest BCUT2D eigenvalue weighted by Gasteiger charge is 2.41. The molecule has 0 aliphatic carbocycles. The fraction of sp³-hybridized carbons (Fsp3) is 0.625. The molecule has 0 bridgehead atoms. The number of nitrogens with zero attached hydrogens (tertiary/aromatic N) is 1. The maximum absolute atomic E-state index is 12.3. The van der Waals surface area contributed by atoms with Crippen LogP contribution in [0, 0.1) is 5.92 Å². The van der Waals surface area contributed by atoms with Crippen molar-refractivity contribution in [1.82, 2.24) is 10.2 Å². The van der Waals surface area contributed by atoms with Gasteiger partial charge < -0.3 is 5.32 Å². The normalized spacial score (nSPS) is 35.1. The number of likely N-dealkylation sites (tertiary alicyclic amines) is 1. The molecule has 5 heteroatoms. The third kappa shape index (κ3) is 2.22. The summed E-state index contributed by atoms with van der Waals surface area (Å²) in [6.07, 6.45) is 3.28. The molecule has 0 amide bonds. The second-order valence-corrected chi connectivity index (χ2v) is 8.60. The van der Waals surface area contributed by atoms with Gasteiger partial charge in [-0.25, -0.2) is 8.42 Å². The first-order valence-corrected chi connectivity index (χ1v) is 9.60. The van der Waals surface area contributed by atoms with Gasteiger partial charge in [0, 0.05) is 18.6 Å². The summed E-state index contributed by atoms with van der Waals surface area (Å²) in [6, 6.07) is 8.47. The van der Waals surface area contributed by atoms with Crippen molar-refractivity contribution in [2.24, 2.45) is 5.92 Å². The highest BCUT2D eigenvalue weighted by atomic mass is 32.2. The van der Waals surface area contributed by atoms with Crippen LogP contribution in [0.1, 0.15) is 30.9 Å². The molecule has 2 fully saturated rings. The maximum atomic E-state index is 12.3. The van der Waals surface area contributed by atoms with Crippen LogP contribution in [0.4, 0.5) is 0 Å². The molecule has 3 heterocycles. The topological polar surface area (TPSA) is 49.4 Å². The number of rotatable bonds is 1. The van der Waals surface area contributed by atoms with Crippen LogP contribution in [0.25, 0.3) is 0 Å². The number of sulfone groups is 1. The van der Waals surface area contributed by atoms with Crippen molar-refractivity contribution in [3.8, 4) is 0 Å². The average Bonchev–Trinajstić information content (AvgIpc) is 2.96. The first-order valence-electron chi connectivity index (χ1n) is 7.95.